The average Bonchev–Trinajstić information content (AvgIpc) is 2.97. The van der Waals surface area contributed by atoms with Crippen LogP contribution in [0.25, 0.3) is 0 Å². The van der Waals surface area contributed by atoms with Crippen LogP contribution in [0.2, 0.25) is 0 Å². The van der Waals surface area contributed by atoms with Crippen molar-refractivity contribution in [2.24, 2.45) is 5.92 Å². The lowest BCUT2D eigenvalue weighted by molar-refractivity contribution is -0.116. The van der Waals surface area contributed by atoms with Gasteiger partial charge in [-0.25, -0.2) is 0 Å². The largest absolute Gasteiger partial charge is 0.398 e. The highest BCUT2D eigenvalue weighted by Crippen LogP contribution is 2.32. The van der Waals surface area contributed by atoms with Gasteiger partial charge >= 0.3 is 0 Å². The first-order chi connectivity index (χ1) is 7.16. The quantitative estimate of drug-likeness (QED) is 0.742. The summed E-state index contributed by atoms with van der Waals surface area (Å²) in [7, 11) is 0. The molecule has 1 saturated carbocycles. The van der Waals surface area contributed by atoms with Gasteiger partial charge in [0.1, 0.15) is 0 Å². The lowest BCUT2D eigenvalue weighted by Crippen LogP contribution is -2.13. The number of rotatable bonds is 3. The van der Waals surface area contributed by atoms with Crippen molar-refractivity contribution in [3.8, 4) is 0 Å². The zero-order chi connectivity index (χ0) is 10.8. The van der Waals surface area contributed by atoms with Crippen LogP contribution in [0.3, 0.4) is 0 Å². The van der Waals surface area contributed by atoms with Gasteiger partial charge in [-0.3, -0.25) is 4.79 Å². The third-order valence-corrected chi connectivity index (χ3v) is 2.82. The zero-order valence-electron chi connectivity index (χ0n) is 8.92. The van der Waals surface area contributed by atoms with Gasteiger partial charge in [0.15, 0.2) is 0 Å². The van der Waals surface area contributed by atoms with E-state index < -0.39 is 0 Å². The molecular formula is C12H16N2O. The minimum Gasteiger partial charge on any atom is -0.398 e. The number of hydrogen-bond acceptors (Lipinski definition) is 2. The van der Waals surface area contributed by atoms with Crippen LogP contribution in [0.4, 0.5) is 11.4 Å². The number of carbonyl (C=O) groups excluding carboxylic acids is 1. The Labute approximate surface area is 89.7 Å². The Balaban J connectivity index is 2.02. The van der Waals surface area contributed by atoms with E-state index in [0.717, 1.165) is 16.9 Å². The van der Waals surface area contributed by atoms with Crippen LogP contribution in [-0.4, -0.2) is 5.91 Å². The fraction of sp³-hybridized carbons (Fsp3) is 0.417. The molecule has 0 bridgehead atoms. The highest BCUT2D eigenvalue weighted by atomic mass is 16.1. The molecule has 1 aromatic rings. The van der Waals surface area contributed by atoms with Gasteiger partial charge in [0.25, 0.3) is 0 Å². The van der Waals surface area contributed by atoms with Gasteiger partial charge in [-0.05, 0) is 43.4 Å². The molecule has 0 spiro atoms. The van der Waals surface area contributed by atoms with Gasteiger partial charge in [0.2, 0.25) is 5.91 Å². The monoisotopic (exact) mass is 204 g/mol. The van der Waals surface area contributed by atoms with E-state index in [2.05, 4.69) is 5.32 Å². The van der Waals surface area contributed by atoms with Crippen molar-refractivity contribution >= 4 is 17.3 Å². The molecule has 0 aromatic heterocycles. The minimum absolute atomic E-state index is 0.103. The molecule has 0 radical (unpaired) electrons. The molecule has 0 atom stereocenters. The van der Waals surface area contributed by atoms with E-state index in [4.69, 9.17) is 5.73 Å². The van der Waals surface area contributed by atoms with Crippen LogP contribution in [0.1, 0.15) is 24.8 Å². The number of anilines is 2. The normalized spacial score (nSPS) is 15.0. The fourth-order valence-corrected chi connectivity index (χ4v) is 1.57. The molecule has 1 aromatic carbocycles. The maximum atomic E-state index is 11.6. The Morgan fingerprint density at radius 3 is 2.93 bits per heavy atom. The van der Waals surface area contributed by atoms with Gasteiger partial charge in [0, 0.05) is 17.8 Å². The summed E-state index contributed by atoms with van der Waals surface area (Å²) in [6.45, 7) is 1.92. The van der Waals surface area contributed by atoms with Crippen LogP contribution in [0.15, 0.2) is 18.2 Å². The summed E-state index contributed by atoms with van der Waals surface area (Å²) in [6, 6.07) is 5.58. The van der Waals surface area contributed by atoms with E-state index in [-0.39, 0.29) is 5.91 Å². The van der Waals surface area contributed by atoms with Gasteiger partial charge in [0.05, 0.1) is 0 Å². The standard InChI is InChI=1S/C12H16N2O/c1-8-10(13)3-2-4-11(8)14-12(15)7-9-5-6-9/h2-4,9H,5-7,13H2,1H3,(H,14,15). The summed E-state index contributed by atoms with van der Waals surface area (Å²) in [5.41, 5.74) is 8.26. The smallest absolute Gasteiger partial charge is 0.224 e. The molecule has 0 unspecified atom stereocenters. The van der Waals surface area contributed by atoms with Crippen LogP contribution < -0.4 is 11.1 Å². The molecule has 1 fully saturated rings. The number of benzene rings is 1. The molecule has 1 aliphatic carbocycles. The van der Waals surface area contributed by atoms with Crippen molar-refractivity contribution in [3.05, 3.63) is 23.8 Å². The van der Waals surface area contributed by atoms with Gasteiger partial charge < -0.3 is 11.1 Å². The molecule has 3 nitrogen and oxygen atoms in total. The van der Waals surface area contributed by atoms with Crippen LogP contribution in [0, 0.1) is 12.8 Å². The predicted octanol–water partition coefficient (Wildman–Crippen LogP) is 2.32. The molecule has 3 heteroatoms. The van der Waals surface area contributed by atoms with Crippen LogP contribution in [0.5, 0.6) is 0 Å². The van der Waals surface area contributed by atoms with E-state index >= 15 is 0 Å². The lowest BCUT2D eigenvalue weighted by Gasteiger charge is -2.09. The summed E-state index contributed by atoms with van der Waals surface area (Å²) in [5, 5.41) is 2.90. The maximum absolute atomic E-state index is 11.6. The third kappa shape index (κ3) is 2.49. The predicted molar refractivity (Wildman–Crippen MR) is 61.6 cm³/mol. The Morgan fingerprint density at radius 2 is 2.27 bits per heavy atom. The van der Waals surface area contributed by atoms with Gasteiger partial charge in [-0.15, -0.1) is 0 Å². The highest BCUT2D eigenvalue weighted by Gasteiger charge is 2.24. The number of nitrogens with one attached hydrogen (secondary N) is 1. The molecule has 80 valence electrons. The summed E-state index contributed by atoms with van der Waals surface area (Å²) in [6.07, 6.45) is 3.04. The average molecular weight is 204 g/mol. The van der Waals surface area contributed by atoms with E-state index in [1.165, 1.54) is 12.8 Å². The van der Waals surface area contributed by atoms with Crippen molar-refractivity contribution in [2.45, 2.75) is 26.2 Å². The summed E-state index contributed by atoms with van der Waals surface area (Å²) < 4.78 is 0. The topological polar surface area (TPSA) is 55.1 Å². The van der Waals surface area contributed by atoms with Crippen LogP contribution in [-0.2, 0) is 4.79 Å². The molecule has 15 heavy (non-hydrogen) atoms. The minimum atomic E-state index is 0.103. The first-order valence-electron chi connectivity index (χ1n) is 5.32. The zero-order valence-corrected chi connectivity index (χ0v) is 8.92. The molecule has 3 N–H and O–H groups in total. The second-order valence-corrected chi connectivity index (χ2v) is 4.22. The van der Waals surface area contributed by atoms with Gasteiger partial charge in [-0.2, -0.15) is 0 Å². The second-order valence-electron chi connectivity index (χ2n) is 4.22. The summed E-state index contributed by atoms with van der Waals surface area (Å²) in [4.78, 5) is 11.6. The van der Waals surface area contributed by atoms with Crippen molar-refractivity contribution < 1.29 is 4.79 Å². The van der Waals surface area contributed by atoms with E-state index in [1.807, 2.05) is 25.1 Å². The first kappa shape index (κ1) is 10.0. The molecular weight excluding hydrogens is 188 g/mol. The van der Waals surface area contributed by atoms with Crippen molar-refractivity contribution in [2.75, 3.05) is 11.1 Å². The molecule has 2 rings (SSSR count). The van der Waals surface area contributed by atoms with Crippen molar-refractivity contribution in [1.29, 1.82) is 0 Å². The summed E-state index contributed by atoms with van der Waals surface area (Å²) >= 11 is 0. The van der Waals surface area contributed by atoms with Crippen LogP contribution >= 0.6 is 0 Å². The van der Waals surface area contributed by atoms with Gasteiger partial charge in [-0.1, -0.05) is 6.07 Å². The third-order valence-electron chi connectivity index (χ3n) is 2.82. The molecule has 0 aliphatic heterocycles. The summed E-state index contributed by atoms with van der Waals surface area (Å²) in [5.74, 6) is 0.720. The number of hydrogen-bond donors (Lipinski definition) is 2. The number of nitrogen functional groups attached to an aromatic ring is 1. The molecule has 1 aliphatic rings. The lowest BCUT2D eigenvalue weighted by atomic mass is 10.1. The van der Waals surface area contributed by atoms with Crippen molar-refractivity contribution in [1.82, 2.24) is 0 Å². The first-order valence-corrected chi connectivity index (χ1v) is 5.32. The van der Waals surface area contributed by atoms with E-state index in [1.54, 1.807) is 0 Å². The Hall–Kier alpha value is -1.51. The Bertz CT molecular complexity index is 383. The Kier molecular flexibility index (Phi) is 2.62. The van der Waals surface area contributed by atoms with E-state index in [0.29, 0.717) is 12.3 Å². The molecule has 0 heterocycles. The number of nitrogens with two attached hydrogens (primary N) is 1. The number of carbonyl (C=O) groups is 1. The maximum Gasteiger partial charge on any atom is 0.224 e. The molecule has 0 saturated heterocycles. The molecule has 1 amide bonds. The fourth-order valence-electron chi connectivity index (χ4n) is 1.57. The van der Waals surface area contributed by atoms with E-state index in [9.17, 15) is 4.79 Å². The Morgan fingerprint density at radius 1 is 1.53 bits per heavy atom. The second kappa shape index (κ2) is 3.93. The highest BCUT2D eigenvalue weighted by molar-refractivity contribution is 5.92. The number of amides is 1. The SMILES string of the molecule is Cc1c(N)cccc1NC(=O)CC1CC1. The van der Waals surface area contributed by atoms with Crippen molar-refractivity contribution in [3.63, 3.8) is 0 Å².